The van der Waals surface area contributed by atoms with Gasteiger partial charge >= 0.3 is 5.69 Å². The first kappa shape index (κ1) is 16.0. The van der Waals surface area contributed by atoms with E-state index in [2.05, 4.69) is 10.3 Å². The molecule has 0 atom stereocenters. The number of hydrogen-bond donors (Lipinski definition) is 2. The molecule has 3 aromatic rings. The first-order valence-corrected chi connectivity index (χ1v) is 8.19. The van der Waals surface area contributed by atoms with E-state index in [1.807, 2.05) is 48.5 Å². The Morgan fingerprint density at radius 2 is 1.88 bits per heavy atom. The van der Waals surface area contributed by atoms with Gasteiger partial charge in [0.1, 0.15) is 5.69 Å². The van der Waals surface area contributed by atoms with E-state index in [4.69, 9.17) is 9.47 Å². The molecule has 1 aromatic heterocycles. The predicted octanol–water partition coefficient (Wildman–Crippen LogP) is 1.88. The molecule has 0 spiro atoms. The van der Waals surface area contributed by atoms with Crippen LogP contribution in [0.25, 0.3) is 0 Å². The Labute approximate surface area is 149 Å². The lowest BCUT2D eigenvalue weighted by molar-refractivity contribution is 0.0941. The van der Waals surface area contributed by atoms with Crippen LogP contribution < -0.4 is 20.5 Å². The van der Waals surface area contributed by atoms with Gasteiger partial charge in [0.2, 0.25) is 6.79 Å². The van der Waals surface area contributed by atoms with Gasteiger partial charge in [-0.05, 0) is 23.3 Å². The number of aromatic nitrogens is 2. The van der Waals surface area contributed by atoms with Crippen LogP contribution in [0.3, 0.4) is 0 Å². The maximum Gasteiger partial charge on any atom is 0.326 e. The van der Waals surface area contributed by atoms with Gasteiger partial charge in [-0.15, -0.1) is 0 Å². The summed E-state index contributed by atoms with van der Waals surface area (Å²) in [5.74, 6) is 1.04. The fourth-order valence-electron chi connectivity index (χ4n) is 2.83. The first-order chi connectivity index (χ1) is 12.7. The number of hydrogen-bond acceptors (Lipinski definition) is 4. The minimum atomic E-state index is -0.322. The molecule has 0 bridgehead atoms. The number of rotatable bonds is 5. The van der Waals surface area contributed by atoms with Crippen molar-refractivity contribution in [3.05, 3.63) is 82.0 Å². The van der Waals surface area contributed by atoms with Crippen LogP contribution in [0.2, 0.25) is 0 Å². The quantitative estimate of drug-likeness (QED) is 0.735. The molecular formula is C19H17N3O4. The molecule has 26 heavy (non-hydrogen) atoms. The second-order valence-corrected chi connectivity index (χ2v) is 5.92. The molecule has 0 saturated heterocycles. The fraction of sp³-hybridized carbons (Fsp3) is 0.158. The lowest BCUT2D eigenvalue weighted by atomic mass is 10.2. The summed E-state index contributed by atoms with van der Waals surface area (Å²) >= 11 is 0. The molecule has 0 saturated carbocycles. The molecule has 4 rings (SSSR count). The molecule has 2 N–H and O–H groups in total. The second kappa shape index (κ2) is 6.79. The van der Waals surface area contributed by atoms with E-state index in [1.54, 1.807) is 0 Å². The average molecular weight is 351 g/mol. The number of carbonyl (C=O) groups is 1. The van der Waals surface area contributed by atoms with Gasteiger partial charge in [-0.1, -0.05) is 36.4 Å². The van der Waals surface area contributed by atoms with E-state index in [1.165, 1.54) is 10.8 Å². The van der Waals surface area contributed by atoms with Crippen molar-refractivity contribution in [3.8, 4) is 11.5 Å². The summed E-state index contributed by atoms with van der Waals surface area (Å²) in [6.45, 7) is 0.858. The number of imidazole rings is 1. The average Bonchev–Trinajstić information content (AvgIpc) is 3.27. The summed E-state index contributed by atoms with van der Waals surface area (Å²) in [5.41, 5.74) is 1.80. The Morgan fingerprint density at radius 3 is 2.73 bits per heavy atom. The van der Waals surface area contributed by atoms with Crippen LogP contribution in [-0.4, -0.2) is 22.3 Å². The highest BCUT2D eigenvalue weighted by atomic mass is 16.7. The van der Waals surface area contributed by atoms with E-state index >= 15 is 0 Å². The van der Waals surface area contributed by atoms with Gasteiger partial charge in [-0.3, -0.25) is 9.36 Å². The summed E-state index contributed by atoms with van der Waals surface area (Å²) < 4.78 is 12.0. The summed E-state index contributed by atoms with van der Waals surface area (Å²) in [6.07, 6.45) is 1.43. The Kier molecular flexibility index (Phi) is 4.18. The summed E-state index contributed by atoms with van der Waals surface area (Å²) in [6, 6.07) is 15.0. The van der Waals surface area contributed by atoms with Crippen molar-refractivity contribution in [1.29, 1.82) is 0 Å². The van der Waals surface area contributed by atoms with Crippen LogP contribution in [-0.2, 0) is 13.1 Å². The number of fused-ring (bicyclic) bond motifs is 1. The lowest BCUT2D eigenvalue weighted by Gasteiger charge is -2.09. The third-order valence-electron chi connectivity index (χ3n) is 4.17. The molecule has 0 fully saturated rings. The number of benzene rings is 2. The Balaban J connectivity index is 1.48. The topological polar surface area (TPSA) is 85.3 Å². The number of nitrogens with zero attached hydrogens (tertiary/aromatic N) is 1. The number of H-pyrrole nitrogens is 1. The van der Waals surface area contributed by atoms with Crippen LogP contribution in [0.15, 0.2) is 59.5 Å². The highest BCUT2D eigenvalue weighted by Gasteiger charge is 2.16. The van der Waals surface area contributed by atoms with E-state index in [0.717, 1.165) is 11.1 Å². The zero-order valence-corrected chi connectivity index (χ0v) is 13.9. The SMILES string of the molecule is O=C(NCc1ccc2c(c1)OCO2)c1c[nH]c(=O)n1Cc1ccccc1. The van der Waals surface area contributed by atoms with E-state index < -0.39 is 0 Å². The number of ether oxygens (including phenoxy) is 2. The van der Waals surface area contributed by atoms with E-state index in [-0.39, 0.29) is 18.4 Å². The van der Waals surface area contributed by atoms with Gasteiger partial charge in [0.05, 0.1) is 6.54 Å². The maximum absolute atomic E-state index is 12.5. The molecule has 1 amide bonds. The first-order valence-electron chi connectivity index (χ1n) is 8.19. The normalized spacial score (nSPS) is 12.2. The molecule has 132 valence electrons. The summed E-state index contributed by atoms with van der Waals surface area (Å²) in [5, 5.41) is 2.83. The van der Waals surface area contributed by atoms with Crippen LogP contribution in [0.5, 0.6) is 11.5 Å². The minimum absolute atomic E-state index is 0.209. The Morgan fingerprint density at radius 1 is 1.08 bits per heavy atom. The standard InChI is InChI=1S/C19H17N3O4/c23-18(20-9-14-6-7-16-17(8-14)26-12-25-16)15-10-21-19(24)22(15)11-13-4-2-1-3-5-13/h1-8,10H,9,11-12H2,(H,20,23)(H,21,24). The third-order valence-corrected chi connectivity index (χ3v) is 4.17. The Hall–Kier alpha value is -3.48. The summed E-state index contributed by atoms with van der Waals surface area (Å²) in [4.78, 5) is 27.2. The number of carbonyl (C=O) groups excluding carboxylic acids is 1. The smallest absolute Gasteiger partial charge is 0.326 e. The van der Waals surface area contributed by atoms with Crippen molar-refractivity contribution >= 4 is 5.91 Å². The van der Waals surface area contributed by atoms with Gasteiger partial charge in [0.15, 0.2) is 11.5 Å². The van der Waals surface area contributed by atoms with E-state index in [0.29, 0.717) is 30.3 Å². The van der Waals surface area contributed by atoms with Crippen LogP contribution in [0, 0.1) is 0 Å². The van der Waals surface area contributed by atoms with Gasteiger partial charge < -0.3 is 19.8 Å². The zero-order valence-electron chi connectivity index (χ0n) is 13.9. The fourth-order valence-corrected chi connectivity index (χ4v) is 2.83. The van der Waals surface area contributed by atoms with Crippen molar-refractivity contribution in [2.75, 3.05) is 6.79 Å². The van der Waals surface area contributed by atoms with Crippen LogP contribution in [0.1, 0.15) is 21.6 Å². The minimum Gasteiger partial charge on any atom is -0.454 e. The number of aromatic amines is 1. The number of nitrogens with one attached hydrogen (secondary N) is 2. The monoisotopic (exact) mass is 351 g/mol. The molecule has 7 heteroatoms. The predicted molar refractivity (Wildman–Crippen MR) is 94.3 cm³/mol. The molecule has 2 aromatic carbocycles. The van der Waals surface area contributed by atoms with Gasteiger partial charge in [-0.25, -0.2) is 4.79 Å². The van der Waals surface area contributed by atoms with Crippen molar-refractivity contribution < 1.29 is 14.3 Å². The van der Waals surface area contributed by atoms with Gasteiger partial charge in [-0.2, -0.15) is 0 Å². The second-order valence-electron chi connectivity index (χ2n) is 5.92. The molecule has 0 unspecified atom stereocenters. The largest absolute Gasteiger partial charge is 0.454 e. The highest BCUT2D eigenvalue weighted by Crippen LogP contribution is 2.32. The van der Waals surface area contributed by atoms with Crippen molar-refractivity contribution in [2.24, 2.45) is 0 Å². The van der Waals surface area contributed by atoms with Crippen molar-refractivity contribution in [2.45, 2.75) is 13.1 Å². The molecule has 1 aliphatic rings. The zero-order chi connectivity index (χ0) is 17.9. The third kappa shape index (κ3) is 3.19. The lowest BCUT2D eigenvalue weighted by Crippen LogP contribution is -2.29. The van der Waals surface area contributed by atoms with E-state index in [9.17, 15) is 9.59 Å². The number of amides is 1. The molecule has 1 aliphatic heterocycles. The Bertz CT molecular complexity index is 992. The summed E-state index contributed by atoms with van der Waals surface area (Å²) in [7, 11) is 0. The van der Waals surface area contributed by atoms with Gasteiger partial charge in [0, 0.05) is 12.7 Å². The van der Waals surface area contributed by atoms with Crippen LogP contribution >= 0.6 is 0 Å². The molecular weight excluding hydrogens is 334 g/mol. The molecule has 7 nitrogen and oxygen atoms in total. The molecule has 0 aliphatic carbocycles. The molecule has 0 radical (unpaired) electrons. The van der Waals surface area contributed by atoms with Crippen molar-refractivity contribution in [3.63, 3.8) is 0 Å². The van der Waals surface area contributed by atoms with Crippen LogP contribution in [0.4, 0.5) is 0 Å². The maximum atomic E-state index is 12.5. The molecule has 2 heterocycles. The van der Waals surface area contributed by atoms with Crippen molar-refractivity contribution in [1.82, 2.24) is 14.9 Å². The van der Waals surface area contributed by atoms with Gasteiger partial charge in [0.25, 0.3) is 5.91 Å². The highest BCUT2D eigenvalue weighted by molar-refractivity contribution is 5.92.